The minimum atomic E-state index is -3.25. The van der Waals surface area contributed by atoms with Crippen LogP contribution in [-0.2, 0) is 19.4 Å². The van der Waals surface area contributed by atoms with Gasteiger partial charge in [0.15, 0.2) is 9.84 Å². The highest BCUT2D eigenvalue weighted by molar-refractivity contribution is 7.90. The predicted octanol–water partition coefficient (Wildman–Crippen LogP) is 1.25. The second-order valence-corrected chi connectivity index (χ2v) is 8.28. The molecule has 1 saturated heterocycles. The third-order valence-electron chi connectivity index (χ3n) is 4.16. The molecular formula is C17H27ClN2O5S. The van der Waals surface area contributed by atoms with E-state index in [9.17, 15) is 13.2 Å². The van der Waals surface area contributed by atoms with E-state index in [0.717, 1.165) is 12.7 Å². The molecule has 0 aliphatic carbocycles. The van der Waals surface area contributed by atoms with Crippen molar-refractivity contribution in [3.05, 3.63) is 24.3 Å². The van der Waals surface area contributed by atoms with Crippen molar-refractivity contribution in [3.63, 3.8) is 0 Å². The molecule has 1 aromatic rings. The average Bonchev–Trinajstić information content (AvgIpc) is 3.06. The fourth-order valence-electron chi connectivity index (χ4n) is 2.70. The molecule has 1 heterocycles. The molecule has 148 valence electrons. The van der Waals surface area contributed by atoms with Crippen LogP contribution in [0.2, 0.25) is 0 Å². The highest BCUT2D eigenvalue weighted by Crippen LogP contribution is 2.20. The summed E-state index contributed by atoms with van der Waals surface area (Å²) in [6, 6.07) is 6.39. The largest absolute Gasteiger partial charge is 0.493 e. The van der Waals surface area contributed by atoms with Gasteiger partial charge in [0, 0.05) is 26.4 Å². The summed E-state index contributed by atoms with van der Waals surface area (Å²) in [7, 11) is -1.51. The van der Waals surface area contributed by atoms with Crippen LogP contribution in [0.5, 0.6) is 5.75 Å². The van der Waals surface area contributed by atoms with Crippen LogP contribution in [0.3, 0.4) is 0 Å². The molecule has 0 saturated carbocycles. The van der Waals surface area contributed by atoms with Crippen molar-refractivity contribution in [2.45, 2.75) is 36.4 Å². The number of carbonyl (C=O) groups excluding carboxylic acids is 1. The van der Waals surface area contributed by atoms with Crippen LogP contribution in [0.4, 0.5) is 0 Å². The van der Waals surface area contributed by atoms with Crippen molar-refractivity contribution in [3.8, 4) is 5.75 Å². The standard InChI is InChI=1S/C17H26N2O5S.ClH/c1-19(17(20)16-8-7-14(12-18)24-16)9-4-10-23-13-5-3-6-15(11-13)25(2,21)22;/h3,5-6,11,14,16H,4,7-10,12,18H2,1-2H3;1H/t14-,16+;/m1./s1. The van der Waals surface area contributed by atoms with Crippen molar-refractivity contribution in [1.29, 1.82) is 0 Å². The number of ether oxygens (including phenoxy) is 2. The number of rotatable bonds is 8. The summed E-state index contributed by atoms with van der Waals surface area (Å²) < 4.78 is 34.3. The van der Waals surface area contributed by atoms with Crippen LogP contribution in [0.15, 0.2) is 29.2 Å². The Labute approximate surface area is 161 Å². The van der Waals surface area contributed by atoms with Crippen molar-refractivity contribution < 1.29 is 22.7 Å². The third-order valence-corrected chi connectivity index (χ3v) is 5.27. The first kappa shape index (κ1) is 22.7. The number of halogens is 1. The Morgan fingerprint density at radius 1 is 1.38 bits per heavy atom. The predicted molar refractivity (Wildman–Crippen MR) is 101 cm³/mol. The van der Waals surface area contributed by atoms with Crippen molar-refractivity contribution in [2.75, 3.05) is 33.0 Å². The zero-order chi connectivity index (χ0) is 18.4. The van der Waals surface area contributed by atoms with Gasteiger partial charge in [-0.05, 0) is 37.5 Å². The lowest BCUT2D eigenvalue weighted by Gasteiger charge is -2.21. The molecule has 1 aliphatic rings. The van der Waals surface area contributed by atoms with Crippen LogP contribution in [0.1, 0.15) is 19.3 Å². The number of hydrogen-bond acceptors (Lipinski definition) is 6. The Balaban J connectivity index is 0.00000338. The van der Waals surface area contributed by atoms with Gasteiger partial charge in [-0.15, -0.1) is 12.4 Å². The van der Waals surface area contributed by atoms with Gasteiger partial charge < -0.3 is 20.1 Å². The maximum absolute atomic E-state index is 12.3. The summed E-state index contributed by atoms with van der Waals surface area (Å²) in [6.45, 7) is 1.37. The topological polar surface area (TPSA) is 98.9 Å². The van der Waals surface area contributed by atoms with Gasteiger partial charge in [0.05, 0.1) is 17.6 Å². The van der Waals surface area contributed by atoms with Crippen molar-refractivity contribution in [2.24, 2.45) is 5.73 Å². The molecule has 0 bridgehead atoms. The quantitative estimate of drug-likeness (QED) is 0.652. The monoisotopic (exact) mass is 406 g/mol. The van der Waals surface area contributed by atoms with Gasteiger partial charge in [0.1, 0.15) is 11.9 Å². The fraction of sp³-hybridized carbons (Fsp3) is 0.588. The molecule has 7 nitrogen and oxygen atoms in total. The summed E-state index contributed by atoms with van der Waals surface area (Å²) in [5.41, 5.74) is 5.56. The smallest absolute Gasteiger partial charge is 0.251 e. The molecule has 0 radical (unpaired) electrons. The molecule has 9 heteroatoms. The minimum Gasteiger partial charge on any atom is -0.493 e. The summed E-state index contributed by atoms with van der Waals surface area (Å²) in [5.74, 6) is 0.469. The number of nitrogens with two attached hydrogens (primary N) is 1. The Morgan fingerprint density at radius 2 is 2.12 bits per heavy atom. The summed E-state index contributed by atoms with van der Waals surface area (Å²) in [4.78, 5) is 14.1. The number of likely N-dealkylation sites (N-methyl/N-ethyl adjacent to an activating group) is 1. The Bertz CT molecular complexity index is 698. The zero-order valence-corrected chi connectivity index (χ0v) is 16.7. The first-order valence-electron chi connectivity index (χ1n) is 8.34. The van der Waals surface area contributed by atoms with Crippen LogP contribution in [0, 0.1) is 0 Å². The van der Waals surface area contributed by atoms with Gasteiger partial charge >= 0.3 is 0 Å². The number of carbonyl (C=O) groups is 1. The first-order chi connectivity index (χ1) is 11.8. The van der Waals surface area contributed by atoms with E-state index in [1.54, 1.807) is 24.1 Å². The van der Waals surface area contributed by atoms with Crippen LogP contribution in [-0.4, -0.2) is 64.4 Å². The van der Waals surface area contributed by atoms with Gasteiger partial charge in [0.25, 0.3) is 5.91 Å². The lowest BCUT2D eigenvalue weighted by molar-refractivity contribution is -0.141. The lowest BCUT2D eigenvalue weighted by Crippen LogP contribution is -2.38. The fourth-order valence-corrected chi connectivity index (χ4v) is 3.36. The average molecular weight is 407 g/mol. The lowest BCUT2D eigenvalue weighted by atomic mass is 10.2. The summed E-state index contributed by atoms with van der Waals surface area (Å²) in [5, 5.41) is 0. The second kappa shape index (κ2) is 10.1. The zero-order valence-electron chi connectivity index (χ0n) is 15.1. The summed E-state index contributed by atoms with van der Waals surface area (Å²) >= 11 is 0. The van der Waals surface area contributed by atoms with E-state index in [2.05, 4.69) is 0 Å². The normalized spacial score (nSPS) is 19.7. The molecule has 2 atom stereocenters. The number of amides is 1. The Morgan fingerprint density at radius 3 is 2.73 bits per heavy atom. The Kier molecular flexibility index (Phi) is 8.82. The van der Waals surface area contributed by atoms with E-state index < -0.39 is 15.9 Å². The molecule has 26 heavy (non-hydrogen) atoms. The van der Waals surface area contributed by atoms with Crippen LogP contribution < -0.4 is 10.5 Å². The maximum atomic E-state index is 12.3. The molecule has 2 N–H and O–H groups in total. The van der Waals surface area contributed by atoms with E-state index in [-0.39, 0.29) is 29.3 Å². The van der Waals surface area contributed by atoms with E-state index in [4.69, 9.17) is 15.2 Å². The molecule has 0 spiro atoms. The summed E-state index contributed by atoms with van der Waals surface area (Å²) in [6.07, 6.45) is 2.91. The van der Waals surface area contributed by atoms with Crippen LogP contribution in [0.25, 0.3) is 0 Å². The molecule has 1 aromatic carbocycles. The van der Waals surface area contributed by atoms with E-state index in [1.165, 1.54) is 12.1 Å². The van der Waals surface area contributed by atoms with Crippen molar-refractivity contribution >= 4 is 28.2 Å². The minimum absolute atomic E-state index is 0. The molecule has 1 amide bonds. The molecule has 0 aromatic heterocycles. The van der Waals surface area contributed by atoms with Gasteiger partial charge in [-0.3, -0.25) is 4.79 Å². The van der Waals surface area contributed by atoms with Gasteiger partial charge in [-0.1, -0.05) is 6.07 Å². The number of benzene rings is 1. The molecule has 2 rings (SSSR count). The molecular weight excluding hydrogens is 380 g/mol. The maximum Gasteiger partial charge on any atom is 0.251 e. The highest BCUT2D eigenvalue weighted by atomic mass is 35.5. The van der Waals surface area contributed by atoms with Gasteiger partial charge in [-0.2, -0.15) is 0 Å². The molecule has 1 fully saturated rings. The molecule has 0 unspecified atom stereocenters. The van der Waals surface area contributed by atoms with E-state index in [0.29, 0.717) is 38.3 Å². The Hall–Kier alpha value is -1.35. The van der Waals surface area contributed by atoms with Gasteiger partial charge in [-0.25, -0.2) is 8.42 Å². The van der Waals surface area contributed by atoms with E-state index >= 15 is 0 Å². The SMILES string of the molecule is CN(CCCOc1cccc(S(C)(=O)=O)c1)C(=O)[C@@H]1CC[C@H](CN)O1.Cl. The van der Waals surface area contributed by atoms with Crippen molar-refractivity contribution in [1.82, 2.24) is 4.90 Å². The third kappa shape index (κ3) is 6.42. The van der Waals surface area contributed by atoms with Crippen LogP contribution >= 0.6 is 12.4 Å². The first-order valence-corrected chi connectivity index (χ1v) is 10.2. The van der Waals surface area contributed by atoms with E-state index in [1.807, 2.05) is 0 Å². The number of hydrogen-bond donors (Lipinski definition) is 1. The number of nitrogens with zero attached hydrogens (tertiary/aromatic N) is 1. The second-order valence-electron chi connectivity index (χ2n) is 6.27. The number of sulfone groups is 1. The highest BCUT2D eigenvalue weighted by Gasteiger charge is 2.31. The van der Waals surface area contributed by atoms with Gasteiger partial charge in [0.2, 0.25) is 0 Å². The molecule has 1 aliphatic heterocycles.